The summed E-state index contributed by atoms with van der Waals surface area (Å²) in [5, 5.41) is 0. The minimum Gasteiger partial charge on any atom is -0.399 e. The molecular formula is C12H19N. The van der Waals surface area contributed by atoms with E-state index in [0.717, 1.165) is 5.57 Å². The summed E-state index contributed by atoms with van der Waals surface area (Å²) in [6.45, 7) is 11.8. The first kappa shape index (κ1) is 11.8. The number of allylic oxidation sites excluding steroid dienone is 6. The van der Waals surface area contributed by atoms with Gasteiger partial charge >= 0.3 is 0 Å². The van der Waals surface area contributed by atoms with E-state index < -0.39 is 0 Å². The first-order valence-electron chi connectivity index (χ1n) is 4.45. The van der Waals surface area contributed by atoms with E-state index in [2.05, 4.69) is 31.7 Å². The Morgan fingerprint density at radius 1 is 1.08 bits per heavy atom. The highest BCUT2D eigenvalue weighted by molar-refractivity contribution is 5.42. The SMILES string of the molecule is C=C(N)\C(C)=C/C(=C\C)C(/C)=C/C. The largest absolute Gasteiger partial charge is 0.399 e. The van der Waals surface area contributed by atoms with Crippen molar-refractivity contribution in [3.8, 4) is 0 Å². The summed E-state index contributed by atoms with van der Waals surface area (Å²) in [6.07, 6.45) is 6.21. The maximum absolute atomic E-state index is 5.57. The maximum Gasteiger partial charge on any atom is 0.0270 e. The molecule has 0 saturated heterocycles. The molecule has 2 N–H and O–H groups in total. The van der Waals surface area contributed by atoms with Gasteiger partial charge in [0.2, 0.25) is 0 Å². The molecule has 0 radical (unpaired) electrons. The summed E-state index contributed by atoms with van der Waals surface area (Å²) in [4.78, 5) is 0. The standard InChI is InChI=1S/C12H19N/c1-6-9(3)12(7-2)8-10(4)11(5)13/h6-8H,5,13H2,1-4H3/b9-6+,10-8-,12-7+. The van der Waals surface area contributed by atoms with Gasteiger partial charge in [0.05, 0.1) is 0 Å². The highest BCUT2D eigenvalue weighted by Crippen LogP contribution is 2.14. The second kappa shape index (κ2) is 5.41. The van der Waals surface area contributed by atoms with E-state index in [0.29, 0.717) is 5.70 Å². The van der Waals surface area contributed by atoms with Gasteiger partial charge in [-0.2, -0.15) is 0 Å². The summed E-state index contributed by atoms with van der Waals surface area (Å²) in [5.74, 6) is 0. The molecule has 0 aliphatic carbocycles. The zero-order valence-corrected chi connectivity index (χ0v) is 9.02. The van der Waals surface area contributed by atoms with Crippen molar-refractivity contribution in [1.82, 2.24) is 0 Å². The Bertz CT molecular complexity index is 277. The van der Waals surface area contributed by atoms with Gasteiger partial charge in [0.15, 0.2) is 0 Å². The zero-order valence-electron chi connectivity index (χ0n) is 9.02. The minimum atomic E-state index is 0.628. The highest BCUT2D eigenvalue weighted by atomic mass is 14.6. The lowest BCUT2D eigenvalue weighted by Gasteiger charge is -2.04. The lowest BCUT2D eigenvalue weighted by molar-refractivity contribution is 1.28. The lowest BCUT2D eigenvalue weighted by atomic mass is 10.0. The third kappa shape index (κ3) is 3.79. The molecule has 0 aliphatic heterocycles. The van der Waals surface area contributed by atoms with E-state index in [1.165, 1.54) is 11.1 Å². The Kier molecular flexibility index (Phi) is 4.90. The van der Waals surface area contributed by atoms with Crippen LogP contribution in [0.3, 0.4) is 0 Å². The second-order valence-corrected chi connectivity index (χ2v) is 3.07. The quantitative estimate of drug-likeness (QED) is 0.657. The number of nitrogens with two attached hydrogens (primary N) is 1. The Morgan fingerprint density at radius 3 is 1.92 bits per heavy atom. The molecule has 0 unspecified atom stereocenters. The molecule has 0 bridgehead atoms. The van der Waals surface area contributed by atoms with Crippen molar-refractivity contribution in [2.45, 2.75) is 27.7 Å². The average molecular weight is 177 g/mol. The van der Waals surface area contributed by atoms with E-state index >= 15 is 0 Å². The summed E-state index contributed by atoms with van der Waals surface area (Å²) in [5.41, 5.74) is 9.68. The van der Waals surface area contributed by atoms with Crippen LogP contribution in [0.4, 0.5) is 0 Å². The van der Waals surface area contributed by atoms with Gasteiger partial charge in [-0.25, -0.2) is 0 Å². The van der Waals surface area contributed by atoms with Crippen LogP contribution < -0.4 is 5.73 Å². The van der Waals surface area contributed by atoms with Crippen LogP contribution >= 0.6 is 0 Å². The van der Waals surface area contributed by atoms with Crippen LogP contribution in [0, 0.1) is 0 Å². The molecule has 0 fully saturated rings. The molecule has 0 atom stereocenters. The third-order valence-corrected chi connectivity index (χ3v) is 2.08. The van der Waals surface area contributed by atoms with E-state index in [9.17, 15) is 0 Å². The fourth-order valence-corrected chi connectivity index (χ4v) is 0.917. The van der Waals surface area contributed by atoms with E-state index in [1.807, 2.05) is 20.8 Å². The molecule has 0 aliphatic rings. The van der Waals surface area contributed by atoms with Crippen molar-refractivity contribution >= 4 is 0 Å². The molecule has 1 heteroatoms. The molecule has 72 valence electrons. The van der Waals surface area contributed by atoms with Crippen LogP contribution in [-0.4, -0.2) is 0 Å². The topological polar surface area (TPSA) is 26.0 Å². The maximum atomic E-state index is 5.57. The van der Waals surface area contributed by atoms with Gasteiger partial charge < -0.3 is 5.73 Å². The zero-order chi connectivity index (χ0) is 10.4. The average Bonchev–Trinajstić information content (AvgIpc) is 2.12. The first-order chi connectivity index (χ1) is 6.02. The van der Waals surface area contributed by atoms with Gasteiger partial charge in [0, 0.05) is 5.70 Å². The van der Waals surface area contributed by atoms with Crippen LogP contribution in [0.15, 0.2) is 47.2 Å². The fourth-order valence-electron chi connectivity index (χ4n) is 0.917. The van der Waals surface area contributed by atoms with E-state index in [1.54, 1.807) is 0 Å². The van der Waals surface area contributed by atoms with Crippen LogP contribution in [0.2, 0.25) is 0 Å². The molecule has 0 aromatic carbocycles. The lowest BCUT2D eigenvalue weighted by Crippen LogP contribution is -1.96. The summed E-state index contributed by atoms with van der Waals surface area (Å²) < 4.78 is 0. The fraction of sp³-hybridized carbons (Fsp3) is 0.333. The normalized spacial score (nSPS) is 14.6. The van der Waals surface area contributed by atoms with Gasteiger partial charge in [-0.15, -0.1) is 0 Å². The summed E-state index contributed by atoms with van der Waals surface area (Å²) >= 11 is 0. The predicted molar refractivity (Wildman–Crippen MR) is 60.3 cm³/mol. The van der Waals surface area contributed by atoms with Crippen molar-refractivity contribution in [2.75, 3.05) is 0 Å². The summed E-state index contributed by atoms with van der Waals surface area (Å²) in [6, 6.07) is 0. The highest BCUT2D eigenvalue weighted by Gasteiger charge is 1.96. The second-order valence-electron chi connectivity index (χ2n) is 3.07. The van der Waals surface area contributed by atoms with Gasteiger partial charge in [-0.1, -0.05) is 24.8 Å². The molecule has 13 heavy (non-hydrogen) atoms. The number of hydrogen-bond acceptors (Lipinski definition) is 1. The van der Waals surface area contributed by atoms with Gasteiger partial charge in [-0.3, -0.25) is 0 Å². The molecule has 0 heterocycles. The van der Waals surface area contributed by atoms with Crippen molar-refractivity contribution in [3.63, 3.8) is 0 Å². The van der Waals surface area contributed by atoms with Crippen LogP contribution in [-0.2, 0) is 0 Å². The van der Waals surface area contributed by atoms with Crippen LogP contribution in [0.5, 0.6) is 0 Å². The van der Waals surface area contributed by atoms with E-state index in [4.69, 9.17) is 5.73 Å². The van der Waals surface area contributed by atoms with Crippen LogP contribution in [0.1, 0.15) is 27.7 Å². The number of rotatable bonds is 3. The van der Waals surface area contributed by atoms with Crippen LogP contribution in [0.25, 0.3) is 0 Å². The minimum absolute atomic E-state index is 0.628. The molecule has 1 nitrogen and oxygen atoms in total. The van der Waals surface area contributed by atoms with Gasteiger partial charge in [0.1, 0.15) is 0 Å². The van der Waals surface area contributed by atoms with Crippen molar-refractivity contribution in [3.05, 3.63) is 47.2 Å². The molecule has 0 aromatic rings. The molecule has 0 rings (SSSR count). The van der Waals surface area contributed by atoms with Gasteiger partial charge in [-0.05, 0) is 44.4 Å². The van der Waals surface area contributed by atoms with E-state index in [-0.39, 0.29) is 0 Å². The molecular weight excluding hydrogens is 158 g/mol. The molecule has 0 saturated carbocycles. The number of hydrogen-bond donors (Lipinski definition) is 1. The Hall–Kier alpha value is -1.24. The Labute approximate surface area is 81.3 Å². The summed E-state index contributed by atoms with van der Waals surface area (Å²) in [7, 11) is 0. The monoisotopic (exact) mass is 177 g/mol. The van der Waals surface area contributed by atoms with Crippen molar-refractivity contribution < 1.29 is 0 Å². The van der Waals surface area contributed by atoms with Gasteiger partial charge in [0.25, 0.3) is 0 Å². The molecule has 0 spiro atoms. The predicted octanol–water partition coefficient (Wildman–Crippen LogP) is 3.32. The Balaban J connectivity index is 4.87. The third-order valence-electron chi connectivity index (χ3n) is 2.08. The Morgan fingerprint density at radius 2 is 1.62 bits per heavy atom. The molecule has 0 aromatic heterocycles. The first-order valence-corrected chi connectivity index (χ1v) is 4.45. The smallest absolute Gasteiger partial charge is 0.0270 e. The van der Waals surface area contributed by atoms with Crippen molar-refractivity contribution in [2.24, 2.45) is 5.73 Å². The van der Waals surface area contributed by atoms with Crippen molar-refractivity contribution in [1.29, 1.82) is 0 Å². The molecule has 0 amide bonds.